The van der Waals surface area contributed by atoms with Crippen molar-refractivity contribution in [2.75, 3.05) is 36.4 Å². The highest BCUT2D eigenvalue weighted by Crippen LogP contribution is 2.35. The standard InChI is InChI=1S/C30H34BrN3O6S/c1-3-32-30(36)26(18-22-8-6-5-7-9-22)33(20-23-10-12-24(31)13-11-23)29(35)21-34(41(37,38)4-2)25-14-15-27-28(19-25)40-17-16-39-27/h5-15,19,26H,3-4,16-18,20-21H2,1-2H3,(H,32,36). The third-order valence-corrected chi connectivity index (χ3v) is 8.95. The normalized spacial score (nSPS) is 13.2. The van der Waals surface area contributed by atoms with Gasteiger partial charge in [-0.05, 0) is 49.2 Å². The van der Waals surface area contributed by atoms with E-state index in [4.69, 9.17) is 9.47 Å². The van der Waals surface area contributed by atoms with Crippen LogP contribution in [0.3, 0.4) is 0 Å². The number of hydrogen-bond donors (Lipinski definition) is 1. The second-order valence-electron chi connectivity index (χ2n) is 9.48. The maximum absolute atomic E-state index is 14.2. The molecule has 0 aromatic heterocycles. The number of fused-ring (bicyclic) bond motifs is 1. The van der Waals surface area contributed by atoms with Gasteiger partial charge in [-0.25, -0.2) is 8.42 Å². The van der Waals surface area contributed by atoms with Crippen LogP contribution in [0, 0.1) is 0 Å². The molecule has 1 N–H and O–H groups in total. The van der Waals surface area contributed by atoms with Crippen LogP contribution in [0.15, 0.2) is 77.3 Å². The van der Waals surface area contributed by atoms with Crippen LogP contribution < -0.4 is 19.1 Å². The number of sulfonamides is 1. The largest absolute Gasteiger partial charge is 0.486 e. The van der Waals surface area contributed by atoms with E-state index >= 15 is 0 Å². The molecule has 1 unspecified atom stereocenters. The lowest BCUT2D eigenvalue weighted by Crippen LogP contribution is -2.53. The van der Waals surface area contributed by atoms with Crippen LogP contribution in [0.4, 0.5) is 5.69 Å². The van der Waals surface area contributed by atoms with Gasteiger partial charge in [-0.15, -0.1) is 0 Å². The lowest BCUT2D eigenvalue weighted by atomic mass is 10.0. The van der Waals surface area contributed by atoms with E-state index in [2.05, 4.69) is 21.2 Å². The monoisotopic (exact) mass is 643 g/mol. The van der Waals surface area contributed by atoms with Crippen LogP contribution in [-0.2, 0) is 32.6 Å². The second kappa shape index (κ2) is 13.9. The molecule has 0 aliphatic carbocycles. The number of carbonyl (C=O) groups excluding carboxylic acids is 2. The SMILES string of the molecule is CCNC(=O)C(Cc1ccccc1)N(Cc1ccc(Br)cc1)C(=O)CN(c1ccc2c(c1)OCCO2)S(=O)(=O)CC. The zero-order valence-corrected chi connectivity index (χ0v) is 25.5. The van der Waals surface area contributed by atoms with Crippen LogP contribution in [0.1, 0.15) is 25.0 Å². The molecule has 1 heterocycles. The van der Waals surface area contributed by atoms with Gasteiger partial charge < -0.3 is 19.7 Å². The number of benzene rings is 3. The molecule has 11 heteroatoms. The molecule has 41 heavy (non-hydrogen) atoms. The Bertz CT molecular complexity index is 1450. The van der Waals surface area contributed by atoms with Crippen molar-refractivity contribution in [3.8, 4) is 11.5 Å². The Balaban J connectivity index is 1.73. The summed E-state index contributed by atoms with van der Waals surface area (Å²) in [7, 11) is -3.88. The highest BCUT2D eigenvalue weighted by molar-refractivity contribution is 9.10. The van der Waals surface area contributed by atoms with Crippen molar-refractivity contribution < 1.29 is 27.5 Å². The molecule has 4 rings (SSSR count). The Morgan fingerprint density at radius 1 is 0.927 bits per heavy atom. The van der Waals surface area contributed by atoms with Gasteiger partial charge in [0.2, 0.25) is 21.8 Å². The highest BCUT2D eigenvalue weighted by Gasteiger charge is 2.33. The molecule has 9 nitrogen and oxygen atoms in total. The van der Waals surface area contributed by atoms with E-state index in [1.54, 1.807) is 18.2 Å². The fourth-order valence-electron chi connectivity index (χ4n) is 4.54. The summed E-state index contributed by atoms with van der Waals surface area (Å²) in [5, 5.41) is 2.85. The zero-order valence-electron chi connectivity index (χ0n) is 23.1. The molecule has 1 aliphatic heterocycles. The first-order chi connectivity index (χ1) is 19.7. The Labute approximate surface area is 249 Å². The van der Waals surface area contributed by atoms with Crippen LogP contribution in [-0.4, -0.2) is 63.2 Å². The number of ether oxygens (including phenoxy) is 2. The smallest absolute Gasteiger partial charge is 0.244 e. The Hall–Kier alpha value is -3.57. The van der Waals surface area contributed by atoms with E-state index in [1.807, 2.05) is 61.5 Å². The minimum absolute atomic E-state index is 0.113. The Morgan fingerprint density at radius 3 is 2.27 bits per heavy atom. The molecule has 1 atom stereocenters. The predicted octanol–water partition coefficient (Wildman–Crippen LogP) is 4.15. The van der Waals surface area contributed by atoms with Crippen LogP contribution >= 0.6 is 15.9 Å². The lowest BCUT2D eigenvalue weighted by molar-refractivity contribution is -0.140. The van der Waals surface area contributed by atoms with Gasteiger partial charge in [0.1, 0.15) is 25.8 Å². The summed E-state index contributed by atoms with van der Waals surface area (Å²) >= 11 is 3.43. The number of nitrogens with zero attached hydrogens (tertiary/aromatic N) is 2. The number of likely N-dealkylation sites (N-methyl/N-ethyl adjacent to an activating group) is 1. The van der Waals surface area contributed by atoms with Gasteiger partial charge in [0.05, 0.1) is 11.4 Å². The van der Waals surface area contributed by atoms with Gasteiger partial charge in [0, 0.05) is 30.0 Å². The molecule has 3 aromatic rings. The molecule has 0 saturated carbocycles. The molecule has 0 radical (unpaired) electrons. The number of nitrogens with one attached hydrogen (secondary N) is 1. The summed E-state index contributed by atoms with van der Waals surface area (Å²) in [5.74, 6) is -0.117. The van der Waals surface area contributed by atoms with Crippen molar-refractivity contribution in [1.29, 1.82) is 0 Å². The molecule has 218 valence electrons. The van der Waals surface area contributed by atoms with E-state index in [1.165, 1.54) is 11.8 Å². The van der Waals surface area contributed by atoms with Crippen molar-refractivity contribution in [2.45, 2.75) is 32.9 Å². The summed E-state index contributed by atoms with van der Waals surface area (Å²) in [4.78, 5) is 29.1. The third-order valence-electron chi connectivity index (χ3n) is 6.68. The number of anilines is 1. The maximum Gasteiger partial charge on any atom is 0.244 e. The van der Waals surface area contributed by atoms with Crippen molar-refractivity contribution in [2.24, 2.45) is 0 Å². The summed E-state index contributed by atoms with van der Waals surface area (Å²) < 4.78 is 39.8. The fourth-order valence-corrected chi connectivity index (χ4v) is 5.86. The van der Waals surface area contributed by atoms with Crippen LogP contribution in [0.5, 0.6) is 11.5 Å². The van der Waals surface area contributed by atoms with E-state index in [9.17, 15) is 18.0 Å². The fraction of sp³-hybridized carbons (Fsp3) is 0.333. The number of carbonyl (C=O) groups is 2. The van der Waals surface area contributed by atoms with Crippen molar-refractivity contribution in [3.63, 3.8) is 0 Å². The molecule has 0 bridgehead atoms. The molecule has 3 aromatic carbocycles. The Morgan fingerprint density at radius 2 is 1.61 bits per heavy atom. The number of halogens is 1. The number of hydrogen-bond acceptors (Lipinski definition) is 6. The molecular weight excluding hydrogens is 610 g/mol. The van der Waals surface area contributed by atoms with Crippen molar-refractivity contribution in [1.82, 2.24) is 10.2 Å². The molecule has 0 spiro atoms. The first-order valence-corrected chi connectivity index (χ1v) is 15.9. The topological polar surface area (TPSA) is 105 Å². The van der Waals surface area contributed by atoms with E-state index in [-0.39, 0.29) is 30.3 Å². The van der Waals surface area contributed by atoms with Gasteiger partial charge in [0.15, 0.2) is 11.5 Å². The van der Waals surface area contributed by atoms with E-state index in [0.717, 1.165) is 19.9 Å². The minimum Gasteiger partial charge on any atom is -0.486 e. The molecule has 1 aliphatic rings. The van der Waals surface area contributed by atoms with Crippen LogP contribution in [0.25, 0.3) is 0 Å². The summed E-state index contributed by atoms with van der Waals surface area (Å²) in [5.41, 5.74) is 1.96. The van der Waals surface area contributed by atoms with Gasteiger partial charge in [0.25, 0.3) is 0 Å². The quantitative estimate of drug-likeness (QED) is 0.318. The molecule has 2 amide bonds. The van der Waals surface area contributed by atoms with Crippen LogP contribution in [0.2, 0.25) is 0 Å². The average molecular weight is 645 g/mol. The second-order valence-corrected chi connectivity index (χ2v) is 12.6. The van der Waals surface area contributed by atoms with Gasteiger partial charge >= 0.3 is 0 Å². The number of amides is 2. The zero-order chi connectivity index (χ0) is 29.4. The Kier molecular flexibility index (Phi) is 10.3. The van der Waals surface area contributed by atoms with E-state index < -0.39 is 28.5 Å². The molecule has 0 saturated heterocycles. The maximum atomic E-state index is 14.2. The average Bonchev–Trinajstić information content (AvgIpc) is 2.98. The highest BCUT2D eigenvalue weighted by atomic mass is 79.9. The predicted molar refractivity (Wildman–Crippen MR) is 162 cm³/mol. The summed E-state index contributed by atoms with van der Waals surface area (Å²) in [6, 6.07) is 20.8. The van der Waals surface area contributed by atoms with Gasteiger partial charge in [-0.1, -0.05) is 58.4 Å². The lowest BCUT2D eigenvalue weighted by Gasteiger charge is -2.34. The van der Waals surface area contributed by atoms with Gasteiger partial charge in [-0.2, -0.15) is 0 Å². The number of rotatable bonds is 12. The van der Waals surface area contributed by atoms with Crippen molar-refractivity contribution >= 4 is 43.5 Å². The summed E-state index contributed by atoms with van der Waals surface area (Å²) in [6.07, 6.45) is 0.263. The third kappa shape index (κ3) is 7.80. The van der Waals surface area contributed by atoms with Gasteiger partial charge in [-0.3, -0.25) is 13.9 Å². The minimum atomic E-state index is -3.88. The molecular formula is C30H34BrN3O6S. The first-order valence-electron chi connectivity index (χ1n) is 13.5. The van der Waals surface area contributed by atoms with Crippen molar-refractivity contribution in [3.05, 3.63) is 88.4 Å². The first kappa shape index (κ1) is 30.4. The van der Waals surface area contributed by atoms with E-state index in [0.29, 0.717) is 31.3 Å². The molecule has 0 fully saturated rings. The summed E-state index contributed by atoms with van der Waals surface area (Å²) in [6.45, 7) is 4.09.